The van der Waals surface area contributed by atoms with E-state index >= 15 is 0 Å². The Bertz CT molecular complexity index is 847. The lowest BCUT2D eigenvalue weighted by Gasteiger charge is -2.31. The van der Waals surface area contributed by atoms with Gasteiger partial charge in [-0.15, -0.1) is 11.3 Å². The van der Waals surface area contributed by atoms with Crippen molar-refractivity contribution < 1.29 is 0 Å². The molecular weight excluding hydrogens is 332 g/mol. The molecule has 4 rings (SSSR count). The molecule has 3 aromatic heterocycles. The van der Waals surface area contributed by atoms with Crippen molar-refractivity contribution >= 4 is 11.3 Å². The highest BCUT2D eigenvalue weighted by Gasteiger charge is 2.26. The van der Waals surface area contributed by atoms with Crippen molar-refractivity contribution in [1.29, 1.82) is 0 Å². The average molecular weight is 354 g/mol. The molecule has 0 unspecified atom stereocenters. The molecule has 0 radical (unpaired) electrons. The fourth-order valence-corrected chi connectivity index (χ4v) is 4.28. The van der Waals surface area contributed by atoms with Crippen LogP contribution in [0.3, 0.4) is 0 Å². The van der Waals surface area contributed by atoms with Gasteiger partial charge in [0.1, 0.15) is 5.69 Å². The van der Waals surface area contributed by atoms with E-state index in [-0.39, 0.29) is 0 Å². The molecule has 1 aliphatic heterocycles. The molecule has 0 spiro atoms. The van der Waals surface area contributed by atoms with Gasteiger partial charge in [-0.1, -0.05) is 0 Å². The van der Waals surface area contributed by atoms with Crippen LogP contribution in [0.5, 0.6) is 0 Å². The Hall–Kier alpha value is -2.12. The monoisotopic (exact) mass is 354 g/mol. The minimum Gasteiger partial charge on any atom is -0.333 e. The number of hydrogen-bond donors (Lipinski definition) is 0. The van der Waals surface area contributed by atoms with E-state index in [0.717, 1.165) is 55.4 Å². The van der Waals surface area contributed by atoms with Gasteiger partial charge < -0.3 is 4.57 Å². The third-order valence-electron chi connectivity index (χ3n) is 4.95. The van der Waals surface area contributed by atoms with Crippen molar-refractivity contribution in [2.24, 2.45) is 7.05 Å². The first kappa shape index (κ1) is 16.4. The van der Waals surface area contributed by atoms with Gasteiger partial charge in [0, 0.05) is 49.2 Å². The minimum absolute atomic E-state index is 0.444. The molecule has 1 fully saturated rings. The van der Waals surface area contributed by atoms with Crippen molar-refractivity contribution in [2.75, 3.05) is 13.1 Å². The Morgan fingerprint density at radius 3 is 2.56 bits per heavy atom. The SMILES string of the molecule is Cc1ncsc1CN1CCC(c2nccnc2-c2nccn2C)CC1. The number of nitrogens with zero attached hydrogens (tertiary/aromatic N) is 6. The molecule has 0 aromatic carbocycles. The van der Waals surface area contributed by atoms with Crippen LogP contribution in [-0.4, -0.2) is 42.5 Å². The number of thiazole rings is 1. The maximum absolute atomic E-state index is 4.67. The average Bonchev–Trinajstić information content (AvgIpc) is 3.24. The second kappa shape index (κ2) is 7.01. The number of aromatic nitrogens is 5. The summed E-state index contributed by atoms with van der Waals surface area (Å²) < 4.78 is 2.01. The van der Waals surface area contributed by atoms with Gasteiger partial charge in [-0.25, -0.2) is 15.0 Å². The molecule has 0 amide bonds. The van der Waals surface area contributed by atoms with E-state index in [1.807, 2.05) is 29.5 Å². The summed E-state index contributed by atoms with van der Waals surface area (Å²) in [5.41, 5.74) is 5.12. The summed E-state index contributed by atoms with van der Waals surface area (Å²) in [5.74, 6) is 1.34. The van der Waals surface area contributed by atoms with Crippen LogP contribution < -0.4 is 0 Å². The summed E-state index contributed by atoms with van der Waals surface area (Å²) >= 11 is 1.76. The maximum atomic E-state index is 4.67. The fourth-order valence-electron chi connectivity index (χ4n) is 3.46. The van der Waals surface area contributed by atoms with Crippen molar-refractivity contribution in [3.05, 3.63) is 46.6 Å². The van der Waals surface area contributed by atoms with Gasteiger partial charge in [0.2, 0.25) is 0 Å². The first-order valence-electron chi connectivity index (χ1n) is 8.62. The molecule has 4 heterocycles. The molecule has 6 nitrogen and oxygen atoms in total. The van der Waals surface area contributed by atoms with Gasteiger partial charge in [-0.05, 0) is 32.9 Å². The van der Waals surface area contributed by atoms with Gasteiger partial charge in [-0.2, -0.15) is 0 Å². The quantitative estimate of drug-likeness (QED) is 0.721. The maximum Gasteiger partial charge on any atom is 0.160 e. The van der Waals surface area contributed by atoms with E-state index in [0.29, 0.717) is 5.92 Å². The molecule has 0 atom stereocenters. The van der Waals surface area contributed by atoms with Crippen LogP contribution >= 0.6 is 11.3 Å². The van der Waals surface area contributed by atoms with Gasteiger partial charge in [-0.3, -0.25) is 9.88 Å². The van der Waals surface area contributed by atoms with Crippen molar-refractivity contribution in [2.45, 2.75) is 32.2 Å². The van der Waals surface area contributed by atoms with Gasteiger partial charge in [0.15, 0.2) is 5.82 Å². The highest BCUT2D eigenvalue weighted by atomic mass is 32.1. The second-order valence-corrected chi connectivity index (χ2v) is 7.50. The van der Waals surface area contributed by atoms with Crippen LogP contribution in [-0.2, 0) is 13.6 Å². The minimum atomic E-state index is 0.444. The van der Waals surface area contributed by atoms with Crippen LogP contribution in [0.4, 0.5) is 0 Å². The smallest absolute Gasteiger partial charge is 0.160 e. The van der Waals surface area contributed by atoms with E-state index in [1.54, 1.807) is 23.7 Å². The summed E-state index contributed by atoms with van der Waals surface area (Å²) in [5, 5.41) is 0. The number of rotatable bonds is 4. The molecule has 1 saturated heterocycles. The van der Waals surface area contributed by atoms with Crippen LogP contribution in [0.25, 0.3) is 11.5 Å². The van der Waals surface area contributed by atoms with Crippen LogP contribution in [0, 0.1) is 6.92 Å². The van der Waals surface area contributed by atoms with E-state index in [9.17, 15) is 0 Å². The normalized spacial score (nSPS) is 16.4. The van der Waals surface area contributed by atoms with E-state index in [4.69, 9.17) is 0 Å². The zero-order valence-electron chi connectivity index (χ0n) is 14.6. The van der Waals surface area contributed by atoms with Crippen molar-refractivity contribution in [3.8, 4) is 11.5 Å². The lowest BCUT2D eigenvalue weighted by atomic mass is 9.91. The lowest BCUT2D eigenvalue weighted by Crippen LogP contribution is -2.33. The van der Waals surface area contributed by atoms with Crippen LogP contribution in [0.1, 0.15) is 35.0 Å². The zero-order chi connectivity index (χ0) is 17.2. The Kier molecular flexibility index (Phi) is 4.59. The lowest BCUT2D eigenvalue weighted by molar-refractivity contribution is 0.204. The molecule has 0 aliphatic carbocycles. The summed E-state index contributed by atoms with van der Waals surface area (Å²) in [7, 11) is 2.00. The Balaban J connectivity index is 1.48. The van der Waals surface area contributed by atoms with E-state index < -0.39 is 0 Å². The number of imidazole rings is 1. The molecule has 7 heteroatoms. The molecule has 0 bridgehead atoms. The molecule has 130 valence electrons. The van der Waals surface area contributed by atoms with Gasteiger partial charge in [0.25, 0.3) is 0 Å². The molecule has 3 aromatic rings. The largest absolute Gasteiger partial charge is 0.333 e. The highest BCUT2D eigenvalue weighted by molar-refractivity contribution is 7.09. The molecule has 0 N–H and O–H groups in total. The Morgan fingerprint density at radius 1 is 1.08 bits per heavy atom. The first-order chi connectivity index (χ1) is 12.2. The number of hydrogen-bond acceptors (Lipinski definition) is 6. The predicted molar refractivity (Wildman–Crippen MR) is 98.3 cm³/mol. The fraction of sp³-hybridized carbons (Fsp3) is 0.444. The predicted octanol–water partition coefficient (Wildman–Crippen LogP) is 3.02. The van der Waals surface area contributed by atoms with Gasteiger partial charge in [0.05, 0.1) is 16.9 Å². The standard InChI is InChI=1S/C18H22N6S/c1-13-15(25-12-22-13)11-24-8-3-14(4-9-24)16-17(20-6-5-19-16)18-21-7-10-23(18)2/h5-7,10,12,14H,3-4,8-9,11H2,1-2H3. The summed E-state index contributed by atoms with van der Waals surface area (Å²) in [4.78, 5) is 22.0. The molecule has 1 aliphatic rings. The third-order valence-corrected chi connectivity index (χ3v) is 5.87. The van der Waals surface area contributed by atoms with Crippen LogP contribution in [0.2, 0.25) is 0 Å². The zero-order valence-corrected chi connectivity index (χ0v) is 15.4. The molecular formula is C18H22N6S. The number of aryl methyl sites for hydroxylation is 2. The van der Waals surface area contributed by atoms with Crippen molar-refractivity contribution in [1.82, 2.24) is 29.4 Å². The third kappa shape index (κ3) is 3.34. The summed E-state index contributed by atoms with van der Waals surface area (Å²) in [6.45, 7) is 5.27. The highest BCUT2D eigenvalue weighted by Crippen LogP contribution is 2.32. The first-order valence-corrected chi connectivity index (χ1v) is 9.50. The molecule has 0 saturated carbocycles. The summed E-state index contributed by atoms with van der Waals surface area (Å²) in [6, 6.07) is 0. The van der Waals surface area contributed by atoms with E-state index in [2.05, 4.69) is 31.8 Å². The van der Waals surface area contributed by atoms with Crippen molar-refractivity contribution in [3.63, 3.8) is 0 Å². The molecule has 25 heavy (non-hydrogen) atoms. The second-order valence-electron chi connectivity index (χ2n) is 6.56. The summed E-state index contributed by atoms with van der Waals surface area (Å²) in [6.07, 6.45) is 9.54. The topological polar surface area (TPSA) is 59.7 Å². The van der Waals surface area contributed by atoms with Crippen LogP contribution in [0.15, 0.2) is 30.3 Å². The Labute approximate surface area is 151 Å². The van der Waals surface area contributed by atoms with E-state index in [1.165, 1.54) is 4.88 Å². The van der Waals surface area contributed by atoms with Gasteiger partial charge >= 0.3 is 0 Å². The Morgan fingerprint density at radius 2 is 1.88 bits per heavy atom. The number of likely N-dealkylation sites (tertiary alicyclic amines) is 1. The number of piperidine rings is 1.